The molecular formula is C28H29ClF3N7O. The maximum atomic E-state index is 13.1. The van der Waals surface area contributed by atoms with Gasteiger partial charge in [0.15, 0.2) is 5.65 Å². The fraction of sp³-hybridized carbons (Fsp3) is 0.357. The number of nitrogens with one attached hydrogen (secondary N) is 1. The highest BCUT2D eigenvalue weighted by Crippen LogP contribution is 2.31. The standard InChI is InChI=1S/C28H29ClF3N7O/c1-18(2)9-10-24-35-25(23-17-33-39(26(23)36-24)22-8-4-6-20(29)16-22)37-11-13-38(14-12-37)27(40)34-21-7-3-5-19(15-21)28(30,31)32/h3-8,15-18H,9-14H2,1-2H3,(H,34,40). The molecule has 3 heterocycles. The van der Waals surface area contributed by atoms with Crippen LogP contribution in [-0.4, -0.2) is 56.9 Å². The zero-order chi connectivity index (χ0) is 28.4. The number of fused-ring (bicyclic) bond motifs is 1. The molecule has 1 aliphatic rings. The predicted octanol–water partition coefficient (Wildman–Crippen LogP) is 6.43. The monoisotopic (exact) mass is 571 g/mol. The molecule has 0 unspecified atom stereocenters. The Morgan fingerprint density at radius 1 is 1.05 bits per heavy atom. The Kier molecular flexibility index (Phi) is 7.84. The van der Waals surface area contributed by atoms with Crippen molar-refractivity contribution in [1.29, 1.82) is 0 Å². The second kappa shape index (κ2) is 11.3. The molecule has 210 valence electrons. The van der Waals surface area contributed by atoms with Crippen LogP contribution in [0.15, 0.2) is 54.7 Å². The van der Waals surface area contributed by atoms with Crippen molar-refractivity contribution in [3.63, 3.8) is 0 Å². The van der Waals surface area contributed by atoms with Gasteiger partial charge in [0.1, 0.15) is 11.6 Å². The molecule has 0 spiro atoms. The number of hydrogen-bond acceptors (Lipinski definition) is 5. The summed E-state index contributed by atoms with van der Waals surface area (Å²) >= 11 is 6.23. The lowest BCUT2D eigenvalue weighted by atomic mass is 10.1. The summed E-state index contributed by atoms with van der Waals surface area (Å²) in [6.45, 7) is 6.04. The summed E-state index contributed by atoms with van der Waals surface area (Å²) < 4.78 is 40.9. The molecule has 4 aromatic rings. The molecule has 1 aliphatic heterocycles. The molecule has 0 atom stereocenters. The van der Waals surface area contributed by atoms with Gasteiger partial charge >= 0.3 is 12.2 Å². The van der Waals surface area contributed by atoms with Gasteiger partial charge in [-0.3, -0.25) is 0 Å². The Labute approximate surface area is 234 Å². The summed E-state index contributed by atoms with van der Waals surface area (Å²) in [6.07, 6.45) is -1.10. The minimum absolute atomic E-state index is 0.1000. The molecule has 5 rings (SSSR count). The van der Waals surface area contributed by atoms with Crippen molar-refractivity contribution in [2.45, 2.75) is 32.9 Å². The molecule has 0 aliphatic carbocycles. The van der Waals surface area contributed by atoms with Gasteiger partial charge in [-0.15, -0.1) is 0 Å². The molecule has 0 bridgehead atoms. The van der Waals surface area contributed by atoms with E-state index in [2.05, 4.69) is 29.2 Å². The number of hydrogen-bond donors (Lipinski definition) is 1. The summed E-state index contributed by atoms with van der Waals surface area (Å²) in [7, 11) is 0. The lowest BCUT2D eigenvalue weighted by molar-refractivity contribution is -0.137. The van der Waals surface area contributed by atoms with Crippen molar-refractivity contribution >= 4 is 40.2 Å². The number of benzene rings is 2. The fourth-order valence-corrected chi connectivity index (χ4v) is 4.79. The number of urea groups is 1. The van der Waals surface area contributed by atoms with Crippen molar-refractivity contribution in [3.8, 4) is 5.69 Å². The number of piperazine rings is 1. The Morgan fingerprint density at radius 3 is 2.50 bits per heavy atom. The molecule has 1 fully saturated rings. The van der Waals surface area contributed by atoms with Gasteiger partial charge in [-0.1, -0.05) is 37.6 Å². The van der Waals surface area contributed by atoms with Crippen LogP contribution >= 0.6 is 11.6 Å². The lowest BCUT2D eigenvalue weighted by Gasteiger charge is -2.35. The van der Waals surface area contributed by atoms with E-state index in [9.17, 15) is 18.0 Å². The van der Waals surface area contributed by atoms with Gasteiger partial charge < -0.3 is 15.1 Å². The molecule has 1 N–H and O–H groups in total. The van der Waals surface area contributed by atoms with Gasteiger partial charge in [0.25, 0.3) is 0 Å². The molecule has 0 saturated carbocycles. The van der Waals surface area contributed by atoms with Crippen molar-refractivity contribution < 1.29 is 18.0 Å². The SMILES string of the molecule is CC(C)CCc1nc(N2CCN(C(=O)Nc3cccc(C(F)(F)F)c3)CC2)c2cnn(-c3cccc(Cl)c3)c2n1. The Bertz CT molecular complexity index is 1510. The number of carbonyl (C=O) groups is 1. The molecule has 8 nitrogen and oxygen atoms in total. The van der Waals surface area contributed by atoms with E-state index in [1.165, 1.54) is 12.1 Å². The molecular weight excluding hydrogens is 543 g/mol. The number of alkyl halides is 3. The summed E-state index contributed by atoms with van der Waals surface area (Å²) in [4.78, 5) is 26.3. The van der Waals surface area contributed by atoms with Gasteiger partial charge in [0.05, 0.1) is 22.8 Å². The summed E-state index contributed by atoms with van der Waals surface area (Å²) in [5.74, 6) is 1.94. The van der Waals surface area contributed by atoms with Crippen molar-refractivity contribution in [2.24, 2.45) is 5.92 Å². The third-order valence-corrected chi connectivity index (χ3v) is 7.00. The van der Waals surface area contributed by atoms with Crippen LogP contribution in [0.25, 0.3) is 16.7 Å². The van der Waals surface area contributed by atoms with Crippen LogP contribution in [0.2, 0.25) is 5.02 Å². The molecule has 12 heteroatoms. The van der Waals surface area contributed by atoms with Gasteiger partial charge in [-0.25, -0.2) is 19.4 Å². The smallest absolute Gasteiger partial charge is 0.352 e. The first-order valence-corrected chi connectivity index (χ1v) is 13.4. The first-order chi connectivity index (χ1) is 19.1. The number of halogens is 4. The van der Waals surface area contributed by atoms with Crippen LogP contribution in [0.4, 0.5) is 29.5 Å². The van der Waals surface area contributed by atoms with Crippen LogP contribution in [0.1, 0.15) is 31.7 Å². The first-order valence-electron chi connectivity index (χ1n) is 13.1. The summed E-state index contributed by atoms with van der Waals surface area (Å²) in [5.41, 5.74) is 0.756. The molecule has 2 aromatic heterocycles. The Balaban J connectivity index is 1.36. The van der Waals surface area contributed by atoms with E-state index in [4.69, 9.17) is 21.6 Å². The minimum atomic E-state index is -4.48. The number of rotatable bonds is 6. The second-order valence-electron chi connectivity index (χ2n) is 10.2. The van der Waals surface area contributed by atoms with Crippen LogP contribution in [0, 0.1) is 5.92 Å². The van der Waals surface area contributed by atoms with Crippen LogP contribution in [0.3, 0.4) is 0 Å². The quantitative estimate of drug-likeness (QED) is 0.288. The van der Waals surface area contributed by atoms with Crippen molar-refractivity contribution in [1.82, 2.24) is 24.6 Å². The third-order valence-electron chi connectivity index (χ3n) is 6.76. The summed E-state index contributed by atoms with van der Waals surface area (Å²) in [6, 6.07) is 11.6. The largest absolute Gasteiger partial charge is 0.416 e. The molecule has 1 saturated heterocycles. The third kappa shape index (κ3) is 6.14. The second-order valence-corrected chi connectivity index (χ2v) is 10.6. The molecule has 2 amide bonds. The zero-order valence-electron chi connectivity index (χ0n) is 22.1. The number of nitrogens with zero attached hydrogens (tertiary/aromatic N) is 6. The maximum Gasteiger partial charge on any atom is 0.416 e. The van der Waals surface area contributed by atoms with Gasteiger partial charge in [0.2, 0.25) is 0 Å². The van der Waals surface area contributed by atoms with E-state index in [0.717, 1.165) is 35.4 Å². The van der Waals surface area contributed by atoms with E-state index < -0.39 is 17.8 Å². The first kappa shape index (κ1) is 27.7. The predicted molar refractivity (Wildman–Crippen MR) is 149 cm³/mol. The molecule has 40 heavy (non-hydrogen) atoms. The van der Waals surface area contributed by atoms with E-state index in [0.29, 0.717) is 55.0 Å². The Morgan fingerprint density at radius 2 is 1.80 bits per heavy atom. The minimum Gasteiger partial charge on any atom is -0.352 e. The lowest BCUT2D eigenvalue weighted by Crippen LogP contribution is -2.50. The van der Waals surface area contributed by atoms with Gasteiger partial charge in [-0.05, 0) is 48.7 Å². The van der Waals surface area contributed by atoms with E-state index in [-0.39, 0.29) is 5.69 Å². The van der Waals surface area contributed by atoms with Gasteiger partial charge in [-0.2, -0.15) is 18.3 Å². The van der Waals surface area contributed by atoms with E-state index >= 15 is 0 Å². The highest BCUT2D eigenvalue weighted by Gasteiger charge is 2.31. The Hall–Kier alpha value is -3.86. The highest BCUT2D eigenvalue weighted by atomic mass is 35.5. The van der Waals surface area contributed by atoms with Gasteiger partial charge in [0, 0.05) is 43.3 Å². The van der Waals surface area contributed by atoms with Crippen molar-refractivity contribution in [3.05, 3.63) is 71.1 Å². The zero-order valence-corrected chi connectivity index (χ0v) is 22.9. The number of aromatic nitrogens is 4. The van der Waals surface area contributed by atoms with Crippen LogP contribution < -0.4 is 10.2 Å². The number of anilines is 2. The van der Waals surface area contributed by atoms with Crippen molar-refractivity contribution in [2.75, 3.05) is 36.4 Å². The topological polar surface area (TPSA) is 79.2 Å². The fourth-order valence-electron chi connectivity index (χ4n) is 4.60. The average molecular weight is 572 g/mol. The molecule has 0 radical (unpaired) electrons. The average Bonchev–Trinajstić information content (AvgIpc) is 3.35. The number of carbonyl (C=O) groups excluding carboxylic acids is 1. The van der Waals surface area contributed by atoms with Crippen LogP contribution in [-0.2, 0) is 12.6 Å². The normalized spacial score (nSPS) is 14.3. The summed E-state index contributed by atoms with van der Waals surface area (Å²) in [5, 5.41) is 8.56. The highest BCUT2D eigenvalue weighted by molar-refractivity contribution is 6.30. The maximum absolute atomic E-state index is 13.1. The van der Waals surface area contributed by atoms with Crippen LogP contribution in [0.5, 0.6) is 0 Å². The molecule has 2 aromatic carbocycles. The van der Waals surface area contributed by atoms with E-state index in [1.54, 1.807) is 21.8 Å². The van der Waals surface area contributed by atoms with E-state index in [1.807, 2.05) is 18.2 Å². The number of amides is 2. The number of aryl methyl sites for hydroxylation is 1.